The van der Waals surface area contributed by atoms with E-state index >= 15 is 0 Å². The summed E-state index contributed by atoms with van der Waals surface area (Å²) < 4.78 is 28.2. The summed E-state index contributed by atoms with van der Waals surface area (Å²) in [5.74, 6) is 0.110. The van der Waals surface area contributed by atoms with E-state index in [0.29, 0.717) is 17.7 Å². The molecule has 2 rings (SSSR count). The summed E-state index contributed by atoms with van der Waals surface area (Å²) in [5, 5.41) is 11.0. The molecule has 2 atom stereocenters. The summed E-state index contributed by atoms with van der Waals surface area (Å²) in [7, 11) is -3.82. The molecule has 0 bridgehead atoms. The molecule has 0 heterocycles. The van der Waals surface area contributed by atoms with Gasteiger partial charge in [-0.1, -0.05) is 12.8 Å². The van der Waals surface area contributed by atoms with Crippen LogP contribution >= 0.6 is 12.4 Å². The third-order valence-electron chi connectivity index (χ3n) is 4.62. The molecule has 0 radical (unpaired) electrons. The second-order valence-electron chi connectivity index (χ2n) is 6.15. The topological polar surface area (TPSA) is 115 Å². The molecule has 1 aromatic rings. The van der Waals surface area contributed by atoms with Crippen LogP contribution < -0.4 is 10.5 Å². The van der Waals surface area contributed by atoms with E-state index in [2.05, 4.69) is 4.72 Å². The highest BCUT2D eigenvalue weighted by Gasteiger charge is 2.30. The van der Waals surface area contributed by atoms with E-state index in [1.54, 1.807) is 13.8 Å². The third kappa shape index (κ3) is 4.44. The van der Waals surface area contributed by atoms with Crippen LogP contribution in [0.15, 0.2) is 17.0 Å². The number of sulfonamides is 1. The first-order valence-corrected chi connectivity index (χ1v) is 9.22. The Balaban J connectivity index is 0.00000288. The Hall–Kier alpha value is -1.22. The Morgan fingerprint density at radius 3 is 2.50 bits per heavy atom. The van der Waals surface area contributed by atoms with E-state index in [0.717, 1.165) is 31.7 Å². The molecular weight excluding hydrogens is 354 g/mol. The number of hydrogen-bond donors (Lipinski definition) is 2. The monoisotopic (exact) mass is 377 g/mol. The molecule has 1 aliphatic rings. The fourth-order valence-electron chi connectivity index (χ4n) is 3.10. The lowest BCUT2D eigenvalue weighted by Gasteiger charge is -2.31. The SMILES string of the molecule is Cc1cc([N+](=O)[O-])cc(S(=O)(=O)NC2CCCCC2CN)c1C.Cl. The smallest absolute Gasteiger partial charge is 0.271 e. The molecular formula is C15H24ClN3O4S. The predicted molar refractivity (Wildman–Crippen MR) is 94.9 cm³/mol. The van der Waals surface area contributed by atoms with E-state index in [1.807, 2.05) is 0 Å². The van der Waals surface area contributed by atoms with Gasteiger partial charge in [-0.15, -0.1) is 12.4 Å². The zero-order valence-corrected chi connectivity index (χ0v) is 15.5. The largest absolute Gasteiger partial charge is 0.330 e. The molecule has 1 saturated carbocycles. The maximum Gasteiger partial charge on any atom is 0.271 e. The zero-order valence-electron chi connectivity index (χ0n) is 13.8. The molecule has 24 heavy (non-hydrogen) atoms. The third-order valence-corrected chi connectivity index (χ3v) is 6.24. The van der Waals surface area contributed by atoms with Crippen molar-refractivity contribution in [3.8, 4) is 0 Å². The molecule has 2 unspecified atom stereocenters. The van der Waals surface area contributed by atoms with Gasteiger partial charge in [0, 0.05) is 18.2 Å². The van der Waals surface area contributed by atoms with Crippen molar-refractivity contribution in [3.63, 3.8) is 0 Å². The number of nitro benzene ring substituents is 1. The van der Waals surface area contributed by atoms with Crippen molar-refractivity contribution in [2.45, 2.75) is 50.5 Å². The molecule has 0 spiro atoms. The van der Waals surface area contributed by atoms with Gasteiger partial charge >= 0.3 is 0 Å². The van der Waals surface area contributed by atoms with Crippen LogP contribution in [0.25, 0.3) is 0 Å². The van der Waals surface area contributed by atoms with Gasteiger partial charge in [0.2, 0.25) is 10.0 Å². The summed E-state index contributed by atoms with van der Waals surface area (Å²) in [4.78, 5) is 10.4. The molecule has 1 aliphatic carbocycles. The van der Waals surface area contributed by atoms with E-state index in [1.165, 1.54) is 6.07 Å². The predicted octanol–water partition coefficient (Wildman–Crippen LogP) is 2.43. The molecule has 0 saturated heterocycles. The lowest BCUT2D eigenvalue weighted by molar-refractivity contribution is -0.385. The summed E-state index contributed by atoms with van der Waals surface area (Å²) in [6.45, 7) is 3.76. The first-order valence-electron chi connectivity index (χ1n) is 7.74. The molecule has 7 nitrogen and oxygen atoms in total. The van der Waals surface area contributed by atoms with Crippen LogP contribution in [0.4, 0.5) is 5.69 Å². The van der Waals surface area contributed by atoms with Gasteiger partial charge in [0.25, 0.3) is 5.69 Å². The average molecular weight is 378 g/mol. The molecule has 1 aromatic carbocycles. The molecule has 136 valence electrons. The highest BCUT2D eigenvalue weighted by molar-refractivity contribution is 7.89. The van der Waals surface area contributed by atoms with Crippen LogP contribution in [-0.2, 0) is 10.0 Å². The van der Waals surface area contributed by atoms with Gasteiger partial charge in [-0.25, -0.2) is 13.1 Å². The van der Waals surface area contributed by atoms with Gasteiger partial charge in [-0.3, -0.25) is 10.1 Å². The van der Waals surface area contributed by atoms with Crippen LogP contribution in [0.1, 0.15) is 36.8 Å². The Bertz CT molecular complexity index is 709. The molecule has 1 fully saturated rings. The van der Waals surface area contributed by atoms with Crippen LogP contribution in [0.2, 0.25) is 0 Å². The summed E-state index contributed by atoms with van der Waals surface area (Å²) in [6.07, 6.45) is 3.65. The number of nitro groups is 1. The Kier molecular flexibility index (Phi) is 7.15. The Morgan fingerprint density at radius 1 is 1.29 bits per heavy atom. The quantitative estimate of drug-likeness (QED) is 0.603. The second-order valence-corrected chi connectivity index (χ2v) is 7.83. The van der Waals surface area contributed by atoms with Gasteiger partial charge in [-0.05, 0) is 50.3 Å². The van der Waals surface area contributed by atoms with Crippen molar-refractivity contribution >= 4 is 28.1 Å². The number of nitrogens with one attached hydrogen (secondary N) is 1. The lowest BCUT2D eigenvalue weighted by Crippen LogP contribution is -2.44. The first kappa shape index (κ1) is 20.8. The highest BCUT2D eigenvalue weighted by Crippen LogP contribution is 2.28. The first-order chi connectivity index (χ1) is 10.8. The molecule has 9 heteroatoms. The number of nitrogens with zero attached hydrogens (tertiary/aromatic N) is 1. The van der Waals surface area contributed by atoms with Crippen LogP contribution in [-0.4, -0.2) is 25.9 Å². The van der Waals surface area contributed by atoms with Crippen molar-refractivity contribution < 1.29 is 13.3 Å². The second kappa shape index (κ2) is 8.24. The van der Waals surface area contributed by atoms with Crippen LogP contribution in [0.5, 0.6) is 0 Å². The minimum absolute atomic E-state index is 0. The van der Waals surface area contributed by atoms with Gasteiger partial charge in [0.15, 0.2) is 0 Å². The fraction of sp³-hybridized carbons (Fsp3) is 0.600. The van der Waals surface area contributed by atoms with Crippen molar-refractivity contribution in [1.82, 2.24) is 4.72 Å². The molecule has 3 N–H and O–H groups in total. The molecule has 0 aliphatic heterocycles. The summed E-state index contributed by atoms with van der Waals surface area (Å²) >= 11 is 0. The Labute approximate surface area is 148 Å². The van der Waals surface area contributed by atoms with Crippen LogP contribution in [0, 0.1) is 29.9 Å². The van der Waals surface area contributed by atoms with E-state index in [4.69, 9.17) is 5.73 Å². The number of rotatable bonds is 5. The van der Waals surface area contributed by atoms with E-state index < -0.39 is 14.9 Å². The molecule has 0 amide bonds. The normalized spacial score (nSPS) is 21.1. The van der Waals surface area contributed by atoms with E-state index in [-0.39, 0.29) is 34.9 Å². The fourth-order valence-corrected chi connectivity index (χ4v) is 4.78. The number of aryl methyl sites for hydroxylation is 1. The van der Waals surface area contributed by atoms with Crippen molar-refractivity contribution in [1.29, 1.82) is 0 Å². The van der Waals surface area contributed by atoms with Crippen LogP contribution in [0.3, 0.4) is 0 Å². The van der Waals surface area contributed by atoms with Gasteiger partial charge < -0.3 is 5.73 Å². The van der Waals surface area contributed by atoms with Crippen molar-refractivity contribution in [3.05, 3.63) is 33.4 Å². The standard InChI is InChI=1S/C15H23N3O4S.ClH/c1-10-7-13(18(19)20)8-15(11(10)2)23(21,22)17-14-6-4-3-5-12(14)9-16;/h7-8,12,14,17H,3-6,9,16H2,1-2H3;1H. The van der Waals surface area contributed by atoms with Gasteiger partial charge in [0.1, 0.15) is 0 Å². The summed E-state index contributed by atoms with van der Waals surface area (Å²) in [5.41, 5.74) is 6.64. The maximum atomic E-state index is 12.7. The number of halogens is 1. The zero-order chi connectivity index (χ0) is 17.2. The maximum absolute atomic E-state index is 12.7. The number of nitrogens with two attached hydrogens (primary N) is 1. The van der Waals surface area contributed by atoms with E-state index in [9.17, 15) is 18.5 Å². The molecule has 0 aromatic heterocycles. The number of non-ortho nitro benzene ring substituents is 1. The van der Waals surface area contributed by atoms with Crippen molar-refractivity contribution in [2.75, 3.05) is 6.54 Å². The minimum Gasteiger partial charge on any atom is -0.330 e. The summed E-state index contributed by atoms with van der Waals surface area (Å²) in [6, 6.07) is 2.31. The average Bonchev–Trinajstić information content (AvgIpc) is 2.49. The number of hydrogen-bond acceptors (Lipinski definition) is 5. The number of benzene rings is 1. The lowest BCUT2D eigenvalue weighted by atomic mass is 9.85. The van der Waals surface area contributed by atoms with Gasteiger partial charge in [0.05, 0.1) is 9.82 Å². The highest BCUT2D eigenvalue weighted by atomic mass is 35.5. The minimum atomic E-state index is -3.82. The van der Waals surface area contributed by atoms with Gasteiger partial charge in [-0.2, -0.15) is 0 Å². The van der Waals surface area contributed by atoms with Crippen molar-refractivity contribution in [2.24, 2.45) is 11.7 Å². The Morgan fingerprint density at radius 2 is 1.92 bits per heavy atom.